The minimum atomic E-state index is 0.662. The molecule has 0 spiro atoms. The normalized spacial score (nSPS) is 12.9. The van der Waals surface area contributed by atoms with Gasteiger partial charge in [-0.25, -0.2) is 4.98 Å². The van der Waals surface area contributed by atoms with Gasteiger partial charge in [0.15, 0.2) is 0 Å². The van der Waals surface area contributed by atoms with Gasteiger partial charge in [-0.2, -0.15) is 0 Å². The lowest BCUT2D eigenvalue weighted by atomic mass is 9.98. The number of anilines is 1. The van der Waals surface area contributed by atoms with Crippen LogP contribution in [0.3, 0.4) is 0 Å². The Kier molecular flexibility index (Phi) is 4.58. The largest absolute Gasteiger partial charge is 0.370 e. The maximum atomic E-state index is 4.35. The van der Waals surface area contributed by atoms with Crippen LogP contribution in [-0.2, 0) is 0 Å². The summed E-state index contributed by atoms with van der Waals surface area (Å²) in [5.41, 5.74) is 1.18. The van der Waals surface area contributed by atoms with Gasteiger partial charge in [0.1, 0.15) is 5.82 Å². The number of rotatable bonds is 4. The molecule has 84 valence electrons. The van der Waals surface area contributed by atoms with Crippen LogP contribution in [0.25, 0.3) is 0 Å². The highest BCUT2D eigenvalue weighted by Crippen LogP contribution is 2.18. The molecule has 1 atom stereocenters. The number of aromatic nitrogens is 1. The molecule has 1 rings (SSSR count). The standard InChI is InChI=1S/C12H19BrN2/c1-8(2)10(4)6-14-12-9(3)5-11(13)7-15-12/h5,7-8,10H,6H2,1-4H3,(H,14,15). The number of aryl methyl sites for hydroxylation is 1. The second kappa shape index (κ2) is 5.50. The van der Waals surface area contributed by atoms with E-state index in [0.29, 0.717) is 11.8 Å². The third-order valence-corrected chi connectivity index (χ3v) is 3.21. The summed E-state index contributed by atoms with van der Waals surface area (Å²) in [7, 11) is 0. The second-order valence-corrected chi connectivity index (χ2v) is 5.34. The van der Waals surface area contributed by atoms with Crippen molar-refractivity contribution in [3.05, 3.63) is 22.3 Å². The zero-order valence-corrected chi connectivity index (χ0v) is 11.4. The maximum absolute atomic E-state index is 4.35. The zero-order chi connectivity index (χ0) is 11.4. The number of hydrogen-bond donors (Lipinski definition) is 1. The molecule has 1 aromatic rings. The Balaban J connectivity index is 2.58. The maximum Gasteiger partial charge on any atom is 0.128 e. The number of pyridine rings is 1. The molecule has 0 amide bonds. The molecule has 0 aromatic carbocycles. The molecule has 1 aromatic heterocycles. The summed E-state index contributed by atoms with van der Waals surface area (Å²) in [6.07, 6.45) is 1.83. The van der Waals surface area contributed by atoms with E-state index in [1.54, 1.807) is 0 Å². The first-order chi connectivity index (χ1) is 7.00. The Bertz CT molecular complexity index is 323. The van der Waals surface area contributed by atoms with Crippen molar-refractivity contribution >= 4 is 21.7 Å². The van der Waals surface area contributed by atoms with Crippen molar-refractivity contribution in [2.24, 2.45) is 11.8 Å². The Morgan fingerprint density at radius 2 is 2.07 bits per heavy atom. The third-order valence-electron chi connectivity index (χ3n) is 2.77. The van der Waals surface area contributed by atoms with E-state index in [4.69, 9.17) is 0 Å². The van der Waals surface area contributed by atoms with E-state index in [9.17, 15) is 0 Å². The van der Waals surface area contributed by atoms with E-state index < -0.39 is 0 Å². The molecule has 0 radical (unpaired) electrons. The second-order valence-electron chi connectivity index (χ2n) is 4.42. The van der Waals surface area contributed by atoms with E-state index in [1.807, 2.05) is 6.20 Å². The Morgan fingerprint density at radius 3 is 2.60 bits per heavy atom. The van der Waals surface area contributed by atoms with Gasteiger partial charge in [-0.1, -0.05) is 20.8 Å². The van der Waals surface area contributed by atoms with Gasteiger partial charge in [0.2, 0.25) is 0 Å². The average Bonchev–Trinajstić information content (AvgIpc) is 2.15. The van der Waals surface area contributed by atoms with E-state index in [0.717, 1.165) is 16.8 Å². The average molecular weight is 271 g/mol. The molecule has 0 aliphatic carbocycles. The molecule has 0 aliphatic heterocycles. The Hall–Kier alpha value is -0.570. The Morgan fingerprint density at radius 1 is 1.40 bits per heavy atom. The molecular weight excluding hydrogens is 252 g/mol. The highest BCUT2D eigenvalue weighted by Gasteiger charge is 2.07. The van der Waals surface area contributed by atoms with Gasteiger partial charge in [0, 0.05) is 17.2 Å². The minimum Gasteiger partial charge on any atom is -0.370 e. The number of halogens is 1. The molecule has 2 nitrogen and oxygen atoms in total. The van der Waals surface area contributed by atoms with Crippen LogP contribution >= 0.6 is 15.9 Å². The van der Waals surface area contributed by atoms with Crippen molar-refractivity contribution in [3.8, 4) is 0 Å². The summed E-state index contributed by atoms with van der Waals surface area (Å²) >= 11 is 3.41. The van der Waals surface area contributed by atoms with Crippen molar-refractivity contribution in [2.75, 3.05) is 11.9 Å². The van der Waals surface area contributed by atoms with Gasteiger partial charge in [-0.05, 0) is 46.3 Å². The van der Waals surface area contributed by atoms with E-state index in [-0.39, 0.29) is 0 Å². The fourth-order valence-electron chi connectivity index (χ4n) is 1.22. The molecular formula is C12H19BrN2. The lowest BCUT2D eigenvalue weighted by molar-refractivity contribution is 0.439. The van der Waals surface area contributed by atoms with Crippen molar-refractivity contribution in [1.82, 2.24) is 4.98 Å². The van der Waals surface area contributed by atoms with Crippen molar-refractivity contribution in [2.45, 2.75) is 27.7 Å². The van der Waals surface area contributed by atoms with Gasteiger partial charge in [0.05, 0.1) is 0 Å². The van der Waals surface area contributed by atoms with Crippen LogP contribution in [0.5, 0.6) is 0 Å². The third kappa shape index (κ3) is 3.82. The molecule has 1 heterocycles. The monoisotopic (exact) mass is 270 g/mol. The van der Waals surface area contributed by atoms with Crippen molar-refractivity contribution in [1.29, 1.82) is 0 Å². The predicted octanol–water partition coefficient (Wildman–Crippen LogP) is 3.86. The van der Waals surface area contributed by atoms with Crippen LogP contribution in [0.15, 0.2) is 16.7 Å². The summed E-state index contributed by atoms with van der Waals surface area (Å²) in [6, 6.07) is 2.08. The van der Waals surface area contributed by atoms with Crippen LogP contribution in [0, 0.1) is 18.8 Å². The smallest absolute Gasteiger partial charge is 0.128 e. The number of nitrogens with zero attached hydrogens (tertiary/aromatic N) is 1. The summed E-state index contributed by atoms with van der Waals surface area (Å²) in [4.78, 5) is 4.35. The molecule has 0 fully saturated rings. The summed E-state index contributed by atoms with van der Waals surface area (Å²) in [5, 5.41) is 3.39. The first-order valence-electron chi connectivity index (χ1n) is 5.36. The van der Waals surface area contributed by atoms with Crippen molar-refractivity contribution in [3.63, 3.8) is 0 Å². The van der Waals surface area contributed by atoms with E-state index in [2.05, 4.69) is 60.0 Å². The highest BCUT2D eigenvalue weighted by molar-refractivity contribution is 9.10. The molecule has 0 saturated carbocycles. The van der Waals surface area contributed by atoms with E-state index in [1.165, 1.54) is 5.56 Å². The minimum absolute atomic E-state index is 0.662. The molecule has 1 unspecified atom stereocenters. The predicted molar refractivity (Wildman–Crippen MR) is 69.2 cm³/mol. The summed E-state index contributed by atoms with van der Waals surface area (Å²) in [6.45, 7) is 9.79. The summed E-state index contributed by atoms with van der Waals surface area (Å²) in [5.74, 6) is 2.36. The SMILES string of the molecule is Cc1cc(Br)cnc1NCC(C)C(C)C. The lowest BCUT2D eigenvalue weighted by Gasteiger charge is -2.17. The van der Waals surface area contributed by atoms with Crippen LogP contribution in [0.4, 0.5) is 5.82 Å². The molecule has 0 bridgehead atoms. The molecule has 3 heteroatoms. The molecule has 15 heavy (non-hydrogen) atoms. The quantitative estimate of drug-likeness (QED) is 0.899. The number of hydrogen-bond acceptors (Lipinski definition) is 2. The van der Waals surface area contributed by atoms with Crippen LogP contribution in [-0.4, -0.2) is 11.5 Å². The fraction of sp³-hybridized carbons (Fsp3) is 0.583. The fourth-order valence-corrected chi connectivity index (χ4v) is 1.66. The lowest BCUT2D eigenvalue weighted by Crippen LogP contribution is -2.17. The molecule has 0 saturated heterocycles. The first kappa shape index (κ1) is 12.5. The van der Waals surface area contributed by atoms with Gasteiger partial charge in [-0.15, -0.1) is 0 Å². The highest BCUT2D eigenvalue weighted by atomic mass is 79.9. The Labute approximate surface area is 101 Å². The zero-order valence-electron chi connectivity index (χ0n) is 9.84. The van der Waals surface area contributed by atoms with Crippen molar-refractivity contribution < 1.29 is 0 Å². The van der Waals surface area contributed by atoms with Gasteiger partial charge in [0.25, 0.3) is 0 Å². The molecule has 1 N–H and O–H groups in total. The van der Waals surface area contributed by atoms with Gasteiger partial charge < -0.3 is 5.32 Å². The topological polar surface area (TPSA) is 24.9 Å². The van der Waals surface area contributed by atoms with Gasteiger partial charge >= 0.3 is 0 Å². The van der Waals surface area contributed by atoms with Crippen LogP contribution in [0.2, 0.25) is 0 Å². The molecule has 0 aliphatic rings. The van der Waals surface area contributed by atoms with Gasteiger partial charge in [-0.3, -0.25) is 0 Å². The summed E-state index contributed by atoms with van der Waals surface area (Å²) < 4.78 is 1.03. The van der Waals surface area contributed by atoms with Crippen LogP contribution < -0.4 is 5.32 Å². The van der Waals surface area contributed by atoms with E-state index >= 15 is 0 Å². The number of nitrogens with one attached hydrogen (secondary N) is 1. The first-order valence-corrected chi connectivity index (χ1v) is 6.16. The van der Waals surface area contributed by atoms with Crippen LogP contribution in [0.1, 0.15) is 26.3 Å².